The van der Waals surface area contributed by atoms with Crippen molar-refractivity contribution in [1.82, 2.24) is 4.98 Å². The Morgan fingerprint density at radius 1 is 1.04 bits per heavy atom. The second-order valence-electron chi connectivity index (χ2n) is 3.97. The molecular formula is C16H21NO4S2. The lowest BCUT2D eigenvalue weighted by atomic mass is 10.5. The van der Waals surface area contributed by atoms with Crippen molar-refractivity contribution in [1.29, 1.82) is 0 Å². The van der Waals surface area contributed by atoms with E-state index in [9.17, 15) is 0 Å². The molecule has 0 fully saturated rings. The minimum Gasteiger partial charge on any atom is -0.498 e. The van der Waals surface area contributed by atoms with Crippen molar-refractivity contribution >= 4 is 21.6 Å². The van der Waals surface area contributed by atoms with Crippen LogP contribution in [-0.2, 0) is 18.9 Å². The van der Waals surface area contributed by atoms with E-state index in [1.54, 1.807) is 34.0 Å². The highest BCUT2D eigenvalue weighted by molar-refractivity contribution is 8.77. The zero-order chi connectivity index (χ0) is 16.4. The van der Waals surface area contributed by atoms with Crippen LogP contribution in [0.4, 0.5) is 0 Å². The largest absolute Gasteiger partial charge is 0.498 e. The van der Waals surface area contributed by atoms with E-state index >= 15 is 0 Å². The van der Waals surface area contributed by atoms with Gasteiger partial charge in [0.05, 0.1) is 39.3 Å². The monoisotopic (exact) mass is 355 g/mol. The lowest BCUT2D eigenvalue weighted by molar-refractivity contribution is 0.0109. The third-order valence-corrected chi connectivity index (χ3v) is 4.12. The number of nitrogens with zero attached hydrogens (tertiary/aromatic N) is 1. The molecule has 0 saturated carbocycles. The third kappa shape index (κ3) is 13.0. The Hall–Kier alpha value is -1.17. The molecule has 0 unspecified atom stereocenters. The molecule has 1 aromatic rings. The maximum Gasteiger partial charge on any atom is 0.111 e. The van der Waals surface area contributed by atoms with Crippen LogP contribution in [0.25, 0.3) is 0 Å². The van der Waals surface area contributed by atoms with Gasteiger partial charge in [0.2, 0.25) is 0 Å². The average Bonchev–Trinajstić information content (AvgIpc) is 2.59. The van der Waals surface area contributed by atoms with Crippen molar-refractivity contribution in [2.75, 3.05) is 46.2 Å². The Bertz CT molecular complexity index is 451. The molecule has 5 nitrogen and oxygen atoms in total. The Morgan fingerprint density at radius 2 is 1.78 bits per heavy atom. The van der Waals surface area contributed by atoms with Gasteiger partial charge in [-0.25, -0.2) is 4.98 Å². The molecule has 0 saturated heterocycles. The molecule has 0 spiro atoms. The second-order valence-corrected chi connectivity index (χ2v) is 6.10. The number of hydrogen-bond donors (Lipinski definition) is 0. The zero-order valence-corrected chi connectivity index (χ0v) is 14.5. The van der Waals surface area contributed by atoms with E-state index in [4.69, 9.17) is 25.4 Å². The molecule has 0 N–H and O–H groups in total. The van der Waals surface area contributed by atoms with E-state index in [0.29, 0.717) is 46.2 Å². The van der Waals surface area contributed by atoms with Crippen molar-refractivity contribution in [3.8, 4) is 12.3 Å². The van der Waals surface area contributed by atoms with E-state index in [-0.39, 0.29) is 0 Å². The van der Waals surface area contributed by atoms with Crippen LogP contribution in [0.5, 0.6) is 0 Å². The van der Waals surface area contributed by atoms with Gasteiger partial charge in [-0.3, -0.25) is 0 Å². The quantitative estimate of drug-likeness (QED) is 0.220. The fourth-order valence-electron chi connectivity index (χ4n) is 1.28. The van der Waals surface area contributed by atoms with Crippen LogP contribution in [0, 0.1) is 12.3 Å². The van der Waals surface area contributed by atoms with Crippen molar-refractivity contribution < 1.29 is 18.9 Å². The highest BCUT2D eigenvalue weighted by Crippen LogP contribution is 2.29. The summed E-state index contributed by atoms with van der Waals surface area (Å²) in [6.07, 6.45) is 8.47. The molecule has 0 aliphatic carbocycles. The first-order chi connectivity index (χ1) is 11.4. The van der Waals surface area contributed by atoms with Gasteiger partial charge in [-0.05, 0) is 22.9 Å². The Kier molecular flexibility index (Phi) is 13.6. The molecule has 23 heavy (non-hydrogen) atoms. The normalized spacial score (nSPS) is 10.7. The highest BCUT2D eigenvalue weighted by atomic mass is 33.1. The van der Waals surface area contributed by atoms with E-state index < -0.39 is 0 Å². The SMILES string of the molecule is C#CCOCCOCCOCCOC=CSSc1ccccn1. The maximum atomic E-state index is 5.36. The van der Waals surface area contributed by atoms with Crippen molar-refractivity contribution in [3.05, 3.63) is 36.1 Å². The summed E-state index contributed by atoms with van der Waals surface area (Å²) in [6, 6.07) is 5.82. The predicted molar refractivity (Wildman–Crippen MR) is 94.1 cm³/mol. The molecule has 1 aromatic heterocycles. The zero-order valence-electron chi connectivity index (χ0n) is 12.9. The van der Waals surface area contributed by atoms with E-state index in [0.717, 1.165) is 5.03 Å². The summed E-state index contributed by atoms with van der Waals surface area (Å²) in [5, 5.41) is 2.84. The van der Waals surface area contributed by atoms with Crippen LogP contribution in [0.2, 0.25) is 0 Å². The summed E-state index contributed by atoms with van der Waals surface area (Å²) in [5.41, 5.74) is 0. The topological polar surface area (TPSA) is 49.8 Å². The van der Waals surface area contributed by atoms with Crippen molar-refractivity contribution in [2.45, 2.75) is 5.03 Å². The lowest BCUT2D eigenvalue weighted by Crippen LogP contribution is -2.11. The standard InChI is InChI=1S/C16H21NO4S2/c1-2-7-18-8-9-19-10-11-20-12-13-21-14-15-22-23-16-5-3-4-6-17-16/h1,3-6,14-15H,7-13H2. The molecule has 7 heteroatoms. The van der Waals surface area contributed by atoms with Crippen LogP contribution in [0.1, 0.15) is 0 Å². The summed E-state index contributed by atoms with van der Waals surface area (Å²) >= 11 is 0. The summed E-state index contributed by atoms with van der Waals surface area (Å²) in [6.45, 7) is 3.46. The van der Waals surface area contributed by atoms with Crippen LogP contribution in [0.3, 0.4) is 0 Å². The van der Waals surface area contributed by atoms with E-state index in [1.807, 2.05) is 23.6 Å². The van der Waals surface area contributed by atoms with Gasteiger partial charge in [-0.15, -0.1) is 6.42 Å². The number of terminal acetylenes is 1. The number of ether oxygens (including phenoxy) is 4. The number of aromatic nitrogens is 1. The Labute approximate surface area is 145 Å². The predicted octanol–water partition coefficient (Wildman–Crippen LogP) is 2.99. The smallest absolute Gasteiger partial charge is 0.111 e. The summed E-state index contributed by atoms with van der Waals surface area (Å²) in [5.74, 6) is 2.39. The maximum absolute atomic E-state index is 5.36. The highest BCUT2D eigenvalue weighted by Gasteiger charge is 1.92. The lowest BCUT2D eigenvalue weighted by Gasteiger charge is -2.05. The molecule has 1 heterocycles. The number of rotatable bonds is 14. The summed E-state index contributed by atoms with van der Waals surface area (Å²) in [7, 11) is 3.13. The van der Waals surface area contributed by atoms with E-state index in [1.165, 1.54) is 0 Å². The van der Waals surface area contributed by atoms with Gasteiger partial charge >= 0.3 is 0 Å². The van der Waals surface area contributed by atoms with Crippen molar-refractivity contribution in [2.24, 2.45) is 0 Å². The molecule has 1 rings (SSSR count). The number of hydrogen-bond acceptors (Lipinski definition) is 7. The molecule has 0 bridgehead atoms. The van der Waals surface area contributed by atoms with Gasteiger partial charge < -0.3 is 18.9 Å². The van der Waals surface area contributed by atoms with Gasteiger partial charge in [0.1, 0.15) is 18.2 Å². The minimum absolute atomic E-state index is 0.323. The summed E-state index contributed by atoms with van der Waals surface area (Å²) in [4.78, 5) is 4.20. The molecule has 0 aromatic carbocycles. The van der Waals surface area contributed by atoms with Gasteiger partial charge in [-0.1, -0.05) is 22.8 Å². The van der Waals surface area contributed by atoms with E-state index in [2.05, 4.69) is 10.9 Å². The molecular weight excluding hydrogens is 334 g/mol. The van der Waals surface area contributed by atoms with Gasteiger partial charge in [-0.2, -0.15) is 0 Å². The number of pyridine rings is 1. The molecule has 126 valence electrons. The average molecular weight is 355 g/mol. The minimum atomic E-state index is 0.323. The Morgan fingerprint density at radius 3 is 2.48 bits per heavy atom. The Balaban J connectivity index is 1.79. The molecule has 0 atom stereocenters. The van der Waals surface area contributed by atoms with Crippen LogP contribution in [0.15, 0.2) is 41.1 Å². The van der Waals surface area contributed by atoms with Crippen LogP contribution in [-0.4, -0.2) is 51.2 Å². The van der Waals surface area contributed by atoms with Crippen LogP contribution < -0.4 is 0 Å². The van der Waals surface area contributed by atoms with Gasteiger partial charge in [0, 0.05) is 11.6 Å². The summed E-state index contributed by atoms with van der Waals surface area (Å²) < 4.78 is 21.0. The fraction of sp³-hybridized carbons (Fsp3) is 0.438. The van der Waals surface area contributed by atoms with Gasteiger partial charge in [0.25, 0.3) is 0 Å². The van der Waals surface area contributed by atoms with Crippen molar-refractivity contribution in [3.63, 3.8) is 0 Å². The first-order valence-corrected chi connectivity index (χ1v) is 9.32. The van der Waals surface area contributed by atoms with Crippen LogP contribution >= 0.6 is 21.6 Å². The molecule has 0 aliphatic heterocycles. The third-order valence-electron chi connectivity index (χ3n) is 2.25. The molecule has 0 amide bonds. The first kappa shape index (κ1) is 19.9. The van der Waals surface area contributed by atoms with Gasteiger partial charge in [0.15, 0.2) is 0 Å². The molecule has 0 aliphatic rings. The molecule has 0 radical (unpaired) electrons. The second kappa shape index (κ2) is 15.7. The first-order valence-electron chi connectivity index (χ1n) is 7.11. The fourth-order valence-corrected chi connectivity index (χ4v) is 2.69.